The minimum atomic E-state index is -0.478. The molecular weight excluding hydrogens is 467 g/mol. The van der Waals surface area contributed by atoms with Crippen LogP contribution in [0.3, 0.4) is 0 Å². The van der Waals surface area contributed by atoms with Crippen molar-refractivity contribution in [2.24, 2.45) is 0 Å². The van der Waals surface area contributed by atoms with Gasteiger partial charge in [0.15, 0.2) is 0 Å². The second-order valence-corrected chi connectivity index (χ2v) is 8.67. The van der Waals surface area contributed by atoms with Crippen LogP contribution in [-0.2, 0) is 9.59 Å². The van der Waals surface area contributed by atoms with Gasteiger partial charge in [0.1, 0.15) is 16.4 Å². The molecule has 0 aromatic heterocycles. The molecule has 3 aromatic rings. The number of amides is 2. The van der Waals surface area contributed by atoms with Crippen molar-refractivity contribution in [3.63, 3.8) is 0 Å². The van der Waals surface area contributed by atoms with E-state index < -0.39 is 11.8 Å². The number of hydrogen-bond acceptors (Lipinski definition) is 5. The molecule has 162 valence electrons. The van der Waals surface area contributed by atoms with Crippen LogP contribution in [0.15, 0.2) is 88.3 Å². The number of nitrogens with zero attached hydrogens (tertiary/aromatic N) is 1. The standard InChI is InChI=1S/C24H18Cl2N2O3S/c1-2-31-17-11-9-16(10-12-17)27-21-22(32-18-13-7-15(25)8-14-18)24(30)28(23(21)29)20-6-4-3-5-19(20)26/h3-14,27H,2H2,1H3. The zero-order valence-corrected chi connectivity index (χ0v) is 19.3. The fourth-order valence-electron chi connectivity index (χ4n) is 3.13. The smallest absolute Gasteiger partial charge is 0.283 e. The molecule has 3 aromatic carbocycles. The van der Waals surface area contributed by atoms with Crippen LogP contribution in [0.5, 0.6) is 5.75 Å². The van der Waals surface area contributed by atoms with E-state index in [4.69, 9.17) is 27.9 Å². The van der Waals surface area contributed by atoms with E-state index in [1.807, 2.05) is 6.92 Å². The Bertz CT molecular complexity index is 1190. The Morgan fingerprint density at radius 1 is 0.906 bits per heavy atom. The first kappa shape index (κ1) is 22.3. The van der Waals surface area contributed by atoms with E-state index >= 15 is 0 Å². The molecule has 1 heterocycles. The van der Waals surface area contributed by atoms with Crippen molar-refractivity contribution in [1.82, 2.24) is 0 Å². The van der Waals surface area contributed by atoms with E-state index in [0.29, 0.717) is 33.8 Å². The van der Waals surface area contributed by atoms with Crippen LogP contribution in [-0.4, -0.2) is 18.4 Å². The van der Waals surface area contributed by atoms with Gasteiger partial charge in [0.25, 0.3) is 11.8 Å². The molecular formula is C24H18Cl2N2O3S. The third-order valence-corrected chi connectivity index (χ3v) is 6.27. The number of thioether (sulfide) groups is 1. The van der Waals surface area contributed by atoms with Crippen molar-refractivity contribution in [3.05, 3.63) is 93.4 Å². The minimum Gasteiger partial charge on any atom is -0.494 e. The van der Waals surface area contributed by atoms with E-state index in [1.165, 1.54) is 11.8 Å². The van der Waals surface area contributed by atoms with Crippen molar-refractivity contribution < 1.29 is 14.3 Å². The van der Waals surface area contributed by atoms with Gasteiger partial charge < -0.3 is 10.1 Å². The lowest BCUT2D eigenvalue weighted by Crippen LogP contribution is -2.32. The summed E-state index contributed by atoms with van der Waals surface area (Å²) in [7, 11) is 0. The first-order chi connectivity index (χ1) is 15.5. The van der Waals surface area contributed by atoms with E-state index in [9.17, 15) is 9.59 Å². The summed E-state index contributed by atoms with van der Waals surface area (Å²) in [6.07, 6.45) is 0. The molecule has 1 aliphatic heterocycles. The second kappa shape index (κ2) is 9.69. The number of carbonyl (C=O) groups excluding carboxylic acids is 2. The number of imide groups is 1. The summed E-state index contributed by atoms with van der Waals surface area (Å²) >= 11 is 13.5. The second-order valence-electron chi connectivity index (χ2n) is 6.74. The minimum absolute atomic E-state index is 0.180. The normalized spacial score (nSPS) is 13.7. The predicted molar refractivity (Wildman–Crippen MR) is 130 cm³/mol. The fraction of sp³-hybridized carbons (Fsp3) is 0.0833. The molecule has 0 radical (unpaired) electrons. The van der Waals surface area contributed by atoms with Crippen LogP contribution in [0.1, 0.15) is 6.92 Å². The molecule has 0 saturated heterocycles. The average molecular weight is 485 g/mol. The van der Waals surface area contributed by atoms with Crippen LogP contribution < -0.4 is 15.0 Å². The summed E-state index contributed by atoms with van der Waals surface area (Å²) in [6.45, 7) is 2.46. The van der Waals surface area contributed by atoms with E-state index in [-0.39, 0.29) is 10.6 Å². The van der Waals surface area contributed by atoms with Gasteiger partial charge in [-0.3, -0.25) is 9.59 Å². The summed E-state index contributed by atoms with van der Waals surface area (Å²) < 4.78 is 5.47. The number of hydrogen-bond donors (Lipinski definition) is 1. The van der Waals surface area contributed by atoms with Crippen molar-refractivity contribution in [2.45, 2.75) is 11.8 Å². The lowest BCUT2D eigenvalue weighted by Gasteiger charge is -2.16. The monoisotopic (exact) mass is 484 g/mol. The summed E-state index contributed by atoms with van der Waals surface area (Å²) in [6, 6.07) is 21.0. The van der Waals surface area contributed by atoms with E-state index in [1.54, 1.807) is 72.8 Å². The SMILES string of the molecule is CCOc1ccc(NC2=C(Sc3ccc(Cl)cc3)C(=O)N(c3ccccc3Cl)C2=O)cc1. The molecule has 0 aliphatic carbocycles. The van der Waals surface area contributed by atoms with Crippen LogP contribution in [0.2, 0.25) is 10.0 Å². The van der Waals surface area contributed by atoms with Crippen molar-refractivity contribution >= 4 is 58.2 Å². The van der Waals surface area contributed by atoms with Crippen LogP contribution in [0.25, 0.3) is 0 Å². The number of nitrogens with one attached hydrogen (secondary N) is 1. The third-order valence-electron chi connectivity index (χ3n) is 4.60. The van der Waals surface area contributed by atoms with Gasteiger partial charge >= 0.3 is 0 Å². The molecule has 0 saturated carbocycles. The Hall–Kier alpha value is -2.93. The molecule has 1 aliphatic rings. The van der Waals surface area contributed by atoms with Gasteiger partial charge in [-0.25, -0.2) is 4.90 Å². The molecule has 5 nitrogen and oxygen atoms in total. The Kier molecular flexibility index (Phi) is 6.74. The van der Waals surface area contributed by atoms with Gasteiger partial charge in [0.2, 0.25) is 0 Å². The number of carbonyl (C=O) groups is 2. The topological polar surface area (TPSA) is 58.6 Å². The zero-order chi connectivity index (χ0) is 22.7. The molecule has 0 unspecified atom stereocenters. The molecule has 8 heteroatoms. The molecule has 0 fully saturated rings. The number of rotatable bonds is 7. The van der Waals surface area contributed by atoms with Gasteiger partial charge in [-0.2, -0.15) is 0 Å². The quantitative estimate of drug-likeness (QED) is 0.394. The van der Waals surface area contributed by atoms with Gasteiger partial charge in [-0.15, -0.1) is 0 Å². The number of anilines is 2. The maximum atomic E-state index is 13.4. The number of ether oxygens (including phenoxy) is 1. The zero-order valence-electron chi connectivity index (χ0n) is 17.0. The highest BCUT2D eigenvalue weighted by atomic mass is 35.5. The highest BCUT2D eigenvalue weighted by molar-refractivity contribution is 8.04. The number of halogens is 2. The summed E-state index contributed by atoms with van der Waals surface area (Å²) in [5.74, 6) is -0.209. The van der Waals surface area contributed by atoms with Gasteiger partial charge in [-0.1, -0.05) is 47.1 Å². The summed E-state index contributed by atoms with van der Waals surface area (Å²) in [5, 5.41) is 4.01. The maximum absolute atomic E-state index is 13.4. The number of para-hydroxylation sites is 1. The average Bonchev–Trinajstić information content (AvgIpc) is 3.01. The van der Waals surface area contributed by atoms with Crippen molar-refractivity contribution in [1.29, 1.82) is 0 Å². The van der Waals surface area contributed by atoms with E-state index in [2.05, 4.69) is 5.32 Å². The number of benzene rings is 3. The third kappa shape index (κ3) is 4.63. The highest BCUT2D eigenvalue weighted by Gasteiger charge is 2.41. The fourth-order valence-corrected chi connectivity index (χ4v) is 4.41. The predicted octanol–water partition coefficient (Wildman–Crippen LogP) is 6.38. The molecule has 0 atom stereocenters. The van der Waals surface area contributed by atoms with Gasteiger partial charge in [0, 0.05) is 15.6 Å². The van der Waals surface area contributed by atoms with Crippen LogP contribution >= 0.6 is 35.0 Å². The molecule has 4 rings (SSSR count). The van der Waals surface area contributed by atoms with E-state index in [0.717, 1.165) is 9.80 Å². The molecule has 2 amide bonds. The molecule has 1 N–H and O–H groups in total. The van der Waals surface area contributed by atoms with Gasteiger partial charge in [0.05, 0.1) is 17.3 Å². The highest BCUT2D eigenvalue weighted by Crippen LogP contribution is 2.40. The first-order valence-electron chi connectivity index (χ1n) is 9.79. The largest absolute Gasteiger partial charge is 0.494 e. The Labute approximate surface area is 200 Å². The first-order valence-corrected chi connectivity index (χ1v) is 11.4. The Morgan fingerprint density at radius 2 is 1.59 bits per heavy atom. The lowest BCUT2D eigenvalue weighted by atomic mass is 10.2. The van der Waals surface area contributed by atoms with Crippen LogP contribution in [0, 0.1) is 0 Å². The Morgan fingerprint density at radius 3 is 2.25 bits per heavy atom. The maximum Gasteiger partial charge on any atom is 0.283 e. The van der Waals surface area contributed by atoms with Crippen LogP contribution in [0.4, 0.5) is 11.4 Å². The lowest BCUT2D eigenvalue weighted by molar-refractivity contribution is -0.120. The Balaban J connectivity index is 1.71. The summed E-state index contributed by atoms with van der Waals surface area (Å²) in [4.78, 5) is 28.9. The van der Waals surface area contributed by atoms with Gasteiger partial charge in [-0.05, 0) is 67.6 Å². The van der Waals surface area contributed by atoms with Crippen molar-refractivity contribution in [3.8, 4) is 5.75 Å². The molecule has 0 spiro atoms. The van der Waals surface area contributed by atoms with Crippen molar-refractivity contribution in [2.75, 3.05) is 16.8 Å². The summed E-state index contributed by atoms with van der Waals surface area (Å²) in [5.41, 5.74) is 1.17. The molecule has 0 bridgehead atoms. The molecule has 32 heavy (non-hydrogen) atoms.